The number of benzene rings is 2. The van der Waals surface area contributed by atoms with Crippen LogP contribution in [-0.2, 0) is 4.79 Å². The molecule has 1 amide bonds. The second kappa shape index (κ2) is 7.11. The van der Waals surface area contributed by atoms with Crippen molar-refractivity contribution in [2.75, 3.05) is 11.9 Å². The third-order valence-corrected chi connectivity index (χ3v) is 3.54. The highest BCUT2D eigenvalue weighted by Crippen LogP contribution is 2.24. The minimum absolute atomic E-state index is 0.125. The summed E-state index contributed by atoms with van der Waals surface area (Å²) < 4.78 is 6.18. The van der Waals surface area contributed by atoms with E-state index in [9.17, 15) is 4.79 Å². The monoisotopic (exact) mass is 364 g/mol. The van der Waals surface area contributed by atoms with Gasteiger partial charge in [-0.1, -0.05) is 23.7 Å². The summed E-state index contributed by atoms with van der Waals surface area (Å²) in [5, 5.41) is 11.7. The van der Waals surface area contributed by atoms with Gasteiger partial charge in [0, 0.05) is 5.69 Å². The minimum Gasteiger partial charge on any atom is -0.483 e. The summed E-state index contributed by atoms with van der Waals surface area (Å²) in [6.45, 7) is -0.125. The third kappa shape index (κ3) is 4.22. The number of nitriles is 1. The molecule has 6 heteroatoms. The molecule has 0 fully saturated rings. The van der Waals surface area contributed by atoms with Gasteiger partial charge >= 0.3 is 0 Å². The van der Waals surface area contributed by atoms with Crippen LogP contribution in [0.2, 0.25) is 5.02 Å². The molecule has 4 nitrogen and oxygen atoms in total. The third-order valence-electron chi connectivity index (χ3n) is 2.57. The van der Waals surface area contributed by atoms with Gasteiger partial charge in [0.25, 0.3) is 5.91 Å². The van der Waals surface area contributed by atoms with Crippen LogP contribution in [0.3, 0.4) is 0 Å². The molecule has 0 heterocycles. The summed E-state index contributed by atoms with van der Waals surface area (Å²) in [6.07, 6.45) is 0. The number of amides is 1. The van der Waals surface area contributed by atoms with Gasteiger partial charge in [-0.15, -0.1) is 0 Å². The van der Waals surface area contributed by atoms with Gasteiger partial charge in [-0.25, -0.2) is 0 Å². The average Bonchev–Trinajstić information content (AvgIpc) is 2.46. The second-order valence-electron chi connectivity index (χ2n) is 4.07. The van der Waals surface area contributed by atoms with Crippen molar-refractivity contribution in [2.24, 2.45) is 0 Å². The number of para-hydroxylation sites is 1. The first-order chi connectivity index (χ1) is 10.1. The maximum absolute atomic E-state index is 11.8. The molecular weight excluding hydrogens is 356 g/mol. The first kappa shape index (κ1) is 15.4. The molecule has 0 saturated carbocycles. The van der Waals surface area contributed by atoms with E-state index in [1.54, 1.807) is 18.2 Å². The number of hydrogen-bond donors (Lipinski definition) is 1. The zero-order valence-electron chi connectivity index (χ0n) is 10.8. The minimum atomic E-state index is -0.313. The highest BCUT2D eigenvalue weighted by Gasteiger charge is 2.07. The SMILES string of the molecule is N#Cc1ccc(NC(=O)COc2ccccc2Br)cc1Cl. The molecule has 2 aromatic carbocycles. The fraction of sp³-hybridized carbons (Fsp3) is 0.0667. The molecule has 106 valence electrons. The molecule has 1 N–H and O–H groups in total. The normalized spacial score (nSPS) is 9.76. The lowest BCUT2D eigenvalue weighted by molar-refractivity contribution is -0.118. The highest BCUT2D eigenvalue weighted by molar-refractivity contribution is 9.10. The number of nitrogens with one attached hydrogen (secondary N) is 1. The van der Waals surface area contributed by atoms with Gasteiger partial charge in [-0.05, 0) is 46.3 Å². The summed E-state index contributed by atoms with van der Waals surface area (Å²) in [6, 6.07) is 13.9. The van der Waals surface area contributed by atoms with Crippen LogP contribution in [0.5, 0.6) is 5.75 Å². The van der Waals surface area contributed by atoms with Gasteiger partial charge in [0.1, 0.15) is 11.8 Å². The Morgan fingerprint density at radius 1 is 1.33 bits per heavy atom. The maximum atomic E-state index is 11.8. The zero-order chi connectivity index (χ0) is 15.2. The first-order valence-electron chi connectivity index (χ1n) is 5.97. The predicted octanol–water partition coefficient (Wildman–Crippen LogP) is 3.99. The summed E-state index contributed by atoms with van der Waals surface area (Å²) in [5.74, 6) is 0.275. The largest absolute Gasteiger partial charge is 0.483 e. The van der Waals surface area contributed by atoms with E-state index in [1.807, 2.05) is 24.3 Å². The van der Waals surface area contributed by atoms with E-state index >= 15 is 0 Å². The molecule has 2 aromatic rings. The van der Waals surface area contributed by atoms with E-state index in [1.165, 1.54) is 6.07 Å². The van der Waals surface area contributed by atoms with Crippen molar-refractivity contribution in [1.29, 1.82) is 5.26 Å². The van der Waals surface area contributed by atoms with Gasteiger partial charge in [-0.3, -0.25) is 4.79 Å². The van der Waals surface area contributed by atoms with Gasteiger partial charge in [0.2, 0.25) is 0 Å². The molecule has 0 bridgehead atoms. The fourth-order valence-electron chi connectivity index (χ4n) is 1.59. The quantitative estimate of drug-likeness (QED) is 0.891. The van der Waals surface area contributed by atoms with E-state index in [0.717, 1.165) is 4.47 Å². The van der Waals surface area contributed by atoms with E-state index in [0.29, 0.717) is 22.0 Å². The molecule has 2 rings (SSSR count). The Morgan fingerprint density at radius 3 is 2.76 bits per heavy atom. The van der Waals surface area contributed by atoms with Crippen LogP contribution in [0.25, 0.3) is 0 Å². The Hall–Kier alpha value is -2.03. The lowest BCUT2D eigenvalue weighted by Crippen LogP contribution is -2.20. The van der Waals surface area contributed by atoms with Crippen molar-refractivity contribution < 1.29 is 9.53 Å². The number of anilines is 1. The number of carbonyl (C=O) groups excluding carboxylic acids is 1. The van der Waals surface area contributed by atoms with Crippen molar-refractivity contribution in [3.05, 3.63) is 57.5 Å². The van der Waals surface area contributed by atoms with E-state index < -0.39 is 0 Å². The smallest absolute Gasteiger partial charge is 0.262 e. The summed E-state index contributed by atoms with van der Waals surface area (Å²) in [7, 11) is 0. The molecule has 0 aliphatic heterocycles. The molecule has 0 unspecified atom stereocenters. The Balaban J connectivity index is 1.95. The Kier molecular flexibility index (Phi) is 5.20. The van der Waals surface area contributed by atoms with Crippen molar-refractivity contribution >= 4 is 39.1 Å². The molecule has 0 aromatic heterocycles. The molecule has 0 spiro atoms. The number of halogens is 2. The van der Waals surface area contributed by atoms with Crippen LogP contribution in [0, 0.1) is 11.3 Å². The van der Waals surface area contributed by atoms with Gasteiger partial charge in [0.05, 0.1) is 15.1 Å². The molecule has 0 aliphatic carbocycles. The summed E-state index contributed by atoms with van der Waals surface area (Å²) in [4.78, 5) is 11.8. The first-order valence-corrected chi connectivity index (χ1v) is 7.14. The Labute approximate surface area is 135 Å². The second-order valence-corrected chi connectivity index (χ2v) is 5.34. The van der Waals surface area contributed by atoms with Crippen LogP contribution < -0.4 is 10.1 Å². The number of rotatable bonds is 4. The van der Waals surface area contributed by atoms with Crippen molar-refractivity contribution in [1.82, 2.24) is 0 Å². The number of ether oxygens (including phenoxy) is 1. The highest BCUT2D eigenvalue weighted by atomic mass is 79.9. The van der Waals surface area contributed by atoms with Gasteiger partial charge in [-0.2, -0.15) is 5.26 Å². The van der Waals surface area contributed by atoms with E-state index in [-0.39, 0.29) is 12.5 Å². The van der Waals surface area contributed by atoms with Crippen LogP contribution in [0.4, 0.5) is 5.69 Å². The van der Waals surface area contributed by atoms with E-state index in [2.05, 4.69) is 21.2 Å². The molecule has 21 heavy (non-hydrogen) atoms. The molecule has 0 radical (unpaired) electrons. The molecular formula is C15H10BrClN2O2. The maximum Gasteiger partial charge on any atom is 0.262 e. The topological polar surface area (TPSA) is 62.1 Å². The van der Waals surface area contributed by atoms with Gasteiger partial charge in [0.15, 0.2) is 6.61 Å². The summed E-state index contributed by atoms with van der Waals surface area (Å²) in [5.41, 5.74) is 0.874. The van der Waals surface area contributed by atoms with Crippen LogP contribution >= 0.6 is 27.5 Å². The van der Waals surface area contributed by atoms with Crippen LogP contribution in [0.1, 0.15) is 5.56 Å². The number of hydrogen-bond acceptors (Lipinski definition) is 3. The summed E-state index contributed by atoms with van der Waals surface area (Å²) >= 11 is 9.23. The standard InChI is InChI=1S/C15H10BrClN2O2/c16-12-3-1-2-4-14(12)21-9-15(20)19-11-6-5-10(8-18)13(17)7-11/h1-7H,9H2,(H,19,20). The van der Waals surface area contributed by atoms with E-state index in [4.69, 9.17) is 21.6 Å². The van der Waals surface area contributed by atoms with Crippen LogP contribution in [-0.4, -0.2) is 12.5 Å². The van der Waals surface area contributed by atoms with Crippen molar-refractivity contribution in [2.45, 2.75) is 0 Å². The molecule has 0 atom stereocenters. The Bertz CT molecular complexity index is 713. The van der Waals surface area contributed by atoms with Crippen LogP contribution in [0.15, 0.2) is 46.9 Å². The lowest BCUT2D eigenvalue weighted by atomic mass is 10.2. The molecule has 0 aliphatic rings. The van der Waals surface area contributed by atoms with Crippen molar-refractivity contribution in [3.63, 3.8) is 0 Å². The fourth-order valence-corrected chi connectivity index (χ4v) is 2.21. The van der Waals surface area contributed by atoms with Gasteiger partial charge < -0.3 is 10.1 Å². The predicted molar refractivity (Wildman–Crippen MR) is 84.4 cm³/mol. The number of nitrogens with zero attached hydrogens (tertiary/aromatic N) is 1. The van der Waals surface area contributed by atoms with Crippen molar-refractivity contribution in [3.8, 4) is 11.8 Å². The number of carbonyl (C=O) groups is 1. The Morgan fingerprint density at radius 2 is 2.10 bits per heavy atom. The molecule has 0 saturated heterocycles. The lowest BCUT2D eigenvalue weighted by Gasteiger charge is -2.09. The average molecular weight is 366 g/mol. The zero-order valence-corrected chi connectivity index (χ0v) is 13.1.